The van der Waals surface area contributed by atoms with Crippen LogP contribution in [-0.4, -0.2) is 24.7 Å². The van der Waals surface area contributed by atoms with Crippen LogP contribution in [0.25, 0.3) is 0 Å². The molecular weight excluding hydrogens is 190 g/mol. The molecule has 0 aromatic heterocycles. The average Bonchev–Trinajstić information content (AvgIpc) is 2.18. The Balaban J connectivity index is 3.81. The zero-order valence-electron chi connectivity index (χ0n) is 10.7. The van der Waals surface area contributed by atoms with E-state index in [1.807, 2.05) is 20.8 Å². The Morgan fingerprint density at radius 2 is 1.73 bits per heavy atom. The molecule has 0 heterocycles. The lowest BCUT2D eigenvalue weighted by molar-refractivity contribution is -0.147. The number of esters is 1. The molecule has 0 saturated carbocycles. The maximum atomic E-state index is 11.5. The molecule has 0 amide bonds. The number of ether oxygens (including phenoxy) is 1. The van der Waals surface area contributed by atoms with Crippen molar-refractivity contribution in [3.63, 3.8) is 0 Å². The van der Waals surface area contributed by atoms with E-state index in [2.05, 4.69) is 19.2 Å². The summed E-state index contributed by atoms with van der Waals surface area (Å²) in [6.45, 7) is 10.7. The molecule has 0 fully saturated rings. The number of nitrogens with one attached hydrogen (secondary N) is 1. The van der Waals surface area contributed by atoms with Crippen molar-refractivity contribution in [1.82, 2.24) is 5.32 Å². The molecule has 0 spiro atoms. The Bertz CT molecular complexity index is 176. The molecule has 0 aliphatic heterocycles. The van der Waals surface area contributed by atoms with Gasteiger partial charge in [-0.1, -0.05) is 40.5 Å². The second-order valence-corrected chi connectivity index (χ2v) is 4.36. The van der Waals surface area contributed by atoms with Crippen LogP contribution in [0.2, 0.25) is 0 Å². The topological polar surface area (TPSA) is 38.3 Å². The predicted octanol–water partition coefficient (Wildman–Crippen LogP) is 2.35. The van der Waals surface area contributed by atoms with E-state index in [0.29, 0.717) is 18.6 Å². The van der Waals surface area contributed by atoms with Gasteiger partial charge in [-0.25, -0.2) is 0 Å². The zero-order valence-corrected chi connectivity index (χ0v) is 10.7. The molecule has 15 heavy (non-hydrogen) atoms. The summed E-state index contributed by atoms with van der Waals surface area (Å²) in [7, 11) is 0. The van der Waals surface area contributed by atoms with Crippen molar-refractivity contribution in [2.24, 2.45) is 5.92 Å². The van der Waals surface area contributed by atoms with Gasteiger partial charge >= 0.3 is 5.97 Å². The predicted molar refractivity (Wildman–Crippen MR) is 62.8 cm³/mol. The third-order valence-electron chi connectivity index (χ3n) is 2.55. The minimum absolute atomic E-state index is 0.143. The molecule has 0 bridgehead atoms. The normalized spacial score (nSPS) is 13.3. The fraction of sp³-hybridized carbons (Fsp3) is 0.917. The maximum Gasteiger partial charge on any atom is 0.322 e. The largest absolute Gasteiger partial charge is 0.464 e. The zero-order chi connectivity index (χ0) is 11.8. The Hall–Kier alpha value is -0.570. The molecule has 0 unspecified atom stereocenters. The van der Waals surface area contributed by atoms with E-state index in [9.17, 15) is 4.79 Å². The van der Waals surface area contributed by atoms with Crippen LogP contribution >= 0.6 is 0 Å². The second kappa shape index (κ2) is 7.69. The van der Waals surface area contributed by atoms with Crippen molar-refractivity contribution in [3.8, 4) is 0 Å². The van der Waals surface area contributed by atoms with Crippen LogP contribution in [0.3, 0.4) is 0 Å². The van der Waals surface area contributed by atoms with E-state index in [4.69, 9.17) is 4.74 Å². The monoisotopic (exact) mass is 215 g/mol. The number of hydrogen-bond acceptors (Lipinski definition) is 3. The molecule has 0 aliphatic rings. The van der Waals surface area contributed by atoms with Gasteiger partial charge in [-0.2, -0.15) is 0 Å². The first-order valence-corrected chi connectivity index (χ1v) is 5.93. The molecule has 90 valence electrons. The van der Waals surface area contributed by atoms with Gasteiger partial charge in [-0.05, 0) is 12.8 Å². The van der Waals surface area contributed by atoms with E-state index in [-0.39, 0.29) is 12.0 Å². The highest BCUT2D eigenvalue weighted by Crippen LogP contribution is 2.08. The van der Waals surface area contributed by atoms with Gasteiger partial charge < -0.3 is 10.1 Å². The molecule has 3 nitrogen and oxygen atoms in total. The van der Waals surface area contributed by atoms with Gasteiger partial charge in [0.25, 0.3) is 0 Å². The summed E-state index contributed by atoms with van der Waals surface area (Å²) in [6, 6.07) is 0.0973. The fourth-order valence-corrected chi connectivity index (χ4v) is 1.42. The summed E-state index contributed by atoms with van der Waals surface area (Å²) in [5.41, 5.74) is 0. The van der Waals surface area contributed by atoms with Crippen molar-refractivity contribution in [2.45, 2.75) is 59.5 Å². The minimum atomic E-state index is -0.209. The first-order valence-electron chi connectivity index (χ1n) is 5.93. The first kappa shape index (κ1) is 14.4. The molecule has 0 saturated heterocycles. The number of hydrogen-bond donors (Lipinski definition) is 1. The van der Waals surface area contributed by atoms with Gasteiger partial charge in [-0.3, -0.25) is 4.79 Å². The van der Waals surface area contributed by atoms with Gasteiger partial charge in [0.05, 0.1) is 6.61 Å². The molecule has 1 N–H and O–H groups in total. The Morgan fingerprint density at radius 1 is 1.20 bits per heavy atom. The number of carbonyl (C=O) groups is 1. The maximum absolute atomic E-state index is 11.5. The quantitative estimate of drug-likeness (QED) is 0.662. The van der Waals surface area contributed by atoms with Crippen molar-refractivity contribution in [1.29, 1.82) is 0 Å². The van der Waals surface area contributed by atoms with Crippen LogP contribution in [0.4, 0.5) is 0 Å². The van der Waals surface area contributed by atoms with Crippen LogP contribution in [0, 0.1) is 5.92 Å². The van der Waals surface area contributed by atoms with Crippen molar-refractivity contribution < 1.29 is 9.53 Å². The second-order valence-electron chi connectivity index (χ2n) is 4.36. The van der Waals surface area contributed by atoms with Crippen LogP contribution < -0.4 is 5.32 Å². The fourth-order valence-electron chi connectivity index (χ4n) is 1.42. The molecule has 0 aromatic carbocycles. The highest BCUT2D eigenvalue weighted by Gasteiger charge is 2.16. The van der Waals surface area contributed by atoms with Gasteiger partial charge in [0.1, 0.15) is 6.04 Å². The molecule has 1 atom stereocenters. The summed E-state index contributed by atoms with van der Waals surface area (Å²) in [6.07, 6.45) is 2.13. The first-order chi connectivity index (χ1) is 7.01. The number of rotatable bonds is 7. The third kappa shape index (κ3) is 6.50. The highest BCUT2D eigenvalue weighted by molar-refractivity contribution is 5.75. The van der Waals surface area contributed by atoms with Gasteiger partial charge in [0, 0.05) is 6.04 Å². The van der Waals surface area contributed by atoms with Gasteiger partial charge in [0.2, 0.25) is 0 Å². The van der Waals surface area contributed by atoms with Crippen molar-refractivity contribution in [2.75, 3.05) is 6.61 Å². The lowest BCUT2D eigenvalue weighted by Crippen LogP contribution is -2.40. The van der Waals surface area contributed by atoms with Crippen LogP contribution in [-0.2, 0) is 9.53 Å². The lowest BCUT2D eigenvalue weighted by atomic mass is 10.1. The summed E-state index contributed by atoms with van der Waals surface area (Å²) in [5.74, 6) is 0.357. The molecule has 0 aliphatic carbocycles. The molecular formula is C12H25NO2. The SMILES string of the molecule is CCC(CC)COC(=O)[C@@H](C)NC(C)C. The van der Waals surface area contributed by atoms with Crippen LogP contribution in [0.15, 0.2) is 0 Å². The van der Waals surface area contributed by atoms with Gasteiger partial charge in [0.15, 0.2) is 0 Å². The Labute approximate surface area is 93.6 Å². The molecule has 0 aromatic rings. The van der Waals surface area contributed by atoms with Crippen molar-refractivity contribution >= 4 is 5.97 Å². The van der Waals surface area contributed by atoms with Crippen LogP contribution in [0.5, 0.6) is 0 Å². The minimum Gasteiger partial charge on any atom is -0.464 e. The molecule has 3 heteroatoms. The van der Waals surface area contributed by atoms with E-state index in [1.54, 1.807) is 0 Å². The molecule has 0 rings (SSSR count). The lowest BCUT2D eigenvalue weighted by Gasteiger charge is -2.18. The average molecular weight is 215 g/mol. The summed E-state index contributed by atoms with van der Waals surface area (Å²) >= 11 is 0. The Morgan fingerprint density at radius 3 is 2.13 bits per heavy atom. The summed E-state index contributed by atoms with van der Waals surface area (Å²) in [5, 5.41) is 3.13. The van der Waals surface area contributed by atoms with E-state index >= 15 is 0 Å². The van der Waals surface area contributed by atoms with Crippen LogP contribution in [0.1, 0.15) is 47.5 Å². The summed E-state index contributed by atoms with van der Waals surface area (Å²) < 4.78 is 5.25. The van der Waals surface area contributed by atoms with E-state index < -0.39 is 0 Å². The molecule has 0 radical (unpaired) electrons. The Kier molecular flexibility index (Phi) is 7.39. The van der Waals surface area contributed by atoms with E-state index in [1.165, 1.54) is 0 Å². The van der Waals surface area contributed by atoms with Crippen molar-refractivity contribution in [3.05, 3.63) is 0 Å². The standard InChI is InChI=1S/C12H25NO2/c1-6-11(7-2)8-15-12(14)10(5)13-9(3)4/h9-11,13H,6-8H2,1-5H3/t10-/m1/s1. The third-order valence-corrected chi connectivity index (χ3v) is 2.55. The highest BCUT2D eigenvalue weighted by atomic mass is 16.5. The summed E-state index contributed by atoms with van der Waals surface area (Å²) in [4.78, 5) is 11.5. The van der Waals surface area contributed by atoms with Gasteiger partial charge in [-0.15, -0.1) is 0 Å². The smallest absolute Gasteiger partial charge is 0.322 e. The number of carbonyl (C=O) groups excluding carboxylic acids is 1. The van der Waals surface area contributed by atoms with E-state index in [0.717, 1.165) is 12.8 Å².